The molecule has 0 atom stereocenters. The van der Waals surface area contributed by atoms with Gasteiger partial charge in [-0.25, -0.2) is 0 Å². The second kappa shape index (κ2) is 7.69. The van der Waals surface area contributed by atoms with Crippen molar-refractivity contribution in [3.8, 4) is 11.3 Å². The second-order valence-electron chi connectivity index (χ2n) is 9.05. The second-order valence-corrected chi connectivity index (χ2v) is 9.05. The molecule has 0 spiro atoms. The van der Waals surface area contributed by atoms with Gasteiger partial charge in [0, 0.05) is 61.1 Å². The maximum absolute atomic E-state index is 13.1. The van der Waals surface area contributed by atoms with Gasteiger partial charge in [-0.05, 0) is 45.8 Å². The van der Waals surface area contributed by atoms with Crippen molar-refractivity contribution in [1.82, 2.24) is 34.7 Å². The maximum Gasteiger partial charge on any atom is 0.223 e. The molecule has 0 unspecified atom stereocenters. The van der Waals surface area contributed by atoms with E-state index in [2.05, 4.69) is 42.4 Å². The van der Waals surface area contributed by atoms with Crippen LogP contribution in [0.25, 0.3) is 16.8 Å². The molecule has 166 valence electrons. The topological polar surface area (TPSA) is 81.7 Å². The van der Waals surface area contributed by atoms with E-state index in [4.69, 9.17) is 10.2 Å². The Morgan fingerprint density at radius 2 is 1.88 bits per heavy atom. The summed E-state index contributed by atoms with van der Waals surface area (Å²) in [5, 5.41) is 18.6. The Bertz CT molecular complexity index is 1250. The van der Waals surface area contributed by atoms with Gasteiger partial charge in [-0.3, -0.25) is 14.2 Å². The van der Waals surface area contributed by atoms with Gasteiger partial charge in [-0.2, -0.15) is 20.4 Å². The first-order valence-corrected chi connectivity index (χ1v) is 11.3. The van der Waals surface area contributed by atoms with Crippen LogP contribution in [0, 0.1) is 13.8 Å². The highest BCUT2D eigenvalue weighted by Crippen LogP contribution is 2.36. The Balaban J connectivity index is 1.70. The fourth-order valence-electron chi connectivity index (χ4n) is 4.76. The van der Waals surface area contributed by atoms with Crippen LogP contribution in [0.3, 0.4) is 0 Å². The molecule has 3 aromatic heterocycles. The predicted molar refractivity (Wildman–Crippen MR) is 122 cm³/mol. The van der Waals surface area contributed by atoms with E-state index in [1.54, 1.807) is 0 Å². The van der Waals surface area contributed by atoms with Gasteiger partial charge in [0.1, 0.15) is 0 Å². The van der Waals surface area contributed by atoms with Crippen LogP contribution in [0.15, 0.2) is 18.3 Å². The Morgan fingerprint density at radius 3 is 2.66 bits per heavy atom. The van der Waals surface area contributed by atoms with Crippen molar-refractivity contribution in [1.29, 1.82) is 0 Å². The Labute approximate surface area is 187 Å². The summed E-state index contributed by atoms with van der Waals surface area (Å²) in [4.78, 5) is 15.0. The normalized spacial score (nSPS) is 16.1. The van der Waals surface area contributed by atoms with Crippen LogP contribution in [-0.4, -0.2) is 46.6 Å². The number of amides is 1. The Morgan fingerprint density at radius 1 is 1.06 bits per heavy atom. The lowest BCUT2D eigenvalue weighted by molar-refractivity contribution is -0.133. The summed E-state index contributed by atoms with van der Waals surface area (Å²) in [7, 11) is 1.94. The van der Waals surface area contributed by atoms with Crippen LogP contribution >= 0.6 is 0 Å². The van der Waals surface area contributed by atoms with Gasteiger partial charge in [0.05, 0.1) is 29.3 Å². The molecule has 4 heterocycles. The van der Waals surface area contributed by atoms with Gasteiger partial charge < -0.3 is 4.90 Å². The van der Waals surface area contributed by atoms with Crippen LogP contribution in [0.1, 0.15) is 60.6 Å². The van der Waals surface area contributed by atoms with E-state index >= 15 is 0 Å². The zero-order valence-corrected chi connectivity index (χ0v) is 19.4. The lowest BCUT2D eigenvalue weighted by atomic mass is 9.99. The Hall–Kier alpha value is -3.29. The van der Waals surface area contributed by atoms with E-state index in [0.717, 1.165) is 63.6 Å². The van der Waals surface area contributed by atoms with Crippen LogP contribution in [0.4, 0.5) is 0 Å². The number of allylic oxidation sites excluding steroid dienone is 1. The van der Waals surface area contributed by atoms with Gasteiger partial charge in [0.15, 0.2) is 0 Å². The maximum atomic E-state index is 13.1. The Kier molecular flexibility index (Phi) is 4.95. The largest absolute Gasteiger partial charge is 0.334 e. The van der Waals surface area contributed by atoms with Gasteiger partial charge in [0.2, 0.25) is 5.91 Å². The number of aromatic nitrogens is 6. The molecule has 1 amide bonds. The standard InChI is InChI=1S/C24H29N7O/c1-14(2)31-13-22-24(16(4)29(5)28-22)21-11-18-17(8-9-20(18)25-26-21)19-12-30(27-15(19)3)10-6-7-23(31)32/h8,11-12,14H,6-7,9-10,13H2,1-5H3. The fourth-order valence-corrected chi connectivity index (χ4v) is 4.76. The summed E-state index contributed by atoms with van der Waals surface area (Å²) in [6.07, 6.45) is 6.32. The van der Waals surface area contributed by atoms with Crippen molar-refractivity contribution in [2.45, 2.75) is 66.1 Å². The molecule has 0 aromatic carbocycles. The molecule has 32 heavy (non-hydrogen) atoms. The summed E-state index contributed by atoms with van der Waals surface area (Å²) in [5.41, 5.74) is 9.02. The average Bonchev–Trinajstić information content (AvgIpc) is 3.40. The summed E-state index contributed by atoms with van der Waals surface area (Å²) < 4.78 is 3.84. The number of carbonyl (C=O) groups is 1. The van der Waals surface area contributed by atoms with Crippen LogP contribution in [0.5, 0.6) is 0 Å². The van der Waals surface area contributed by atoms with Gasteiger partial charge in [-0.1, -0.05) is 6.08 Å². The third kappa shape index (κ3) is 3.34. The third-order valence-corrected chi connectivity index (χ3v) is 6.60. The van der Waals surface area contributed by atoms with E-state index in [-0.39, 0.29) is 11.9 Å². The molecule has 4 bridgehead atoms. The van der Waals surface area contributed by atoms with Crippen molar-refractivity contribution in [2.24, 2.45) is 7.05 Å². The molecule has 2 aliphatic rings. The highest BCUT2D eigenvalue weighted by Gasteiger charge is 2.27. The number of fused-ring (bicyclic) bond motifs is 6. The number of carbonyl (C=O) groups excluding carboxylic acids is 1. The first-order chi connectivity index (χ1) is 15.3. The molecule has 1 aliphatic heterocycles. The molecule has 0 N–H and O–H groups in total. The molecule has 0 fully saturated rings. The number of hydrogen-bond acceptors (Lipinski definition) is 5. The quantitative estimate of drug-likeness (QED) is 0.591. The fraction of sp³-hybridized carbons (Fsp3) is 0.458. The highest BCUT2D eigenvalue weighted by atomic mass is 16.2. The lowest BCUT2D eigenvalue weighted by Crippen LogP contribution is -2.36. The van der Waals surface area contributed by atoms with E-state index < -0.39 is 0 Å². The molecule has 5 rings (SSSR count). The summed E-state index contributed by atoms with van der Waals surface area (Å²) in [6, 6.07) is 2.21. The highest BCUT2D eigenvalue weighted by molar-refractivity contribution is 5.86. The minimum absolute atomic E-state index is 0.0764. The van der Waals surface area contributed by atoms with E-state index in [1.165, 1.54) is 0 Å². The van der Waals surface area contributed by atoms with Gasteiger partial charge in [0.25, 0.3) is 0 Å². The molecule has 0 saturated carbocycles. The third-order valence-electron chi connectivity index (χ3n) is 6.60. The summed E-state index contributed by atoms with van der Waals surface area (Å²) in [6.45, 7) is 9.36. The van der Waals surface area contributed by atoms with Crippen molar-refractivity contribution in [3.63, 3.8) is 0 Å². The molecule has 0 saturated heterocycles. The number of rotatable bonds is 1. The first-order valence-electron chi connectivity index (χ1n) is 11.3. The van der Waals surface area contributed by atoms with Crippen molar-refractivity contribution < 1.29 is 4.79 Å². The summed E-state index contributed by atoms with van der Waals surface area (Å²) >= 11 is 0. The predicted octanol–water partition coefficient (Wildman–Crippen LogP) is 3.21. The number of hydrogen-bond donors (Lipinski definition) is 0. The smallest absolute Gasteiger partial charge is 0.223 e. The monoisotopic (exact) mass is 431 g/mol. The van der Waals surface area contributed by atoms with E-state index in [1.807, 2.05) is 35.2 Å². The first kappa shape index (κ1) is 20.6. The van der Waals surface area contributed by atoms with Crippen LogP contribution < -0.4 is 0 Å². The van der Waals surface area contributed by atoms with E-state index in [9.17, 15) is 4.79 Å². The zero-order valence-electron chi connectivity index (χ0n) is 19.4. The minimum atomic E-state index is 0.0764. The van der Waals surface area contributed by atoms with Crippen LogP contribution in [-0.2, 0) is 31.4 Å². The van der Waals surface area contributed by atoms with Crippen LogP contribution in [0.2, 0.25) is 0 Å². The van der Waals surface area contributed by atoms with Gasteiger partial charge >= 0.3 is 0 Å². The molecule has 1 aliphatic carbocycles. The molecular formula is C24H29N7O. The molecule has 0 radical (unpaired) electrons. The molecule has 8 heteroatoms. The molecule has 8 nitrogen and oxygen atoms in total. The molecular weight excluding hydrogens is 402 g/mol. The SMILES string of the molecule is Cc1nn2cc1C1=CCc3nnc(cc31)-c1c(nn(C)c1C)CN(C(C)C)C(=O)CCC2. The van der Waals surface area contributed by atoms with Crippen molar-refractivity contribution in [2.75, 3.05) is 0 Å². The minimum Gasteiger partial charge on any atom is -0.334 e. The van der Waals surface area contributed by atoms with Crippen molar-refractivity contribution in [3.05, 3.63) is 52.2 Å². The van der Waals surface area contributed by atoms with Crippen molar-refractivity contribution >= 4 is 11.5 Å². The summed E-state index contributed by atoms with van der Waals surface area (Å²) in [5.74, 6) is 0.136. The molecule has 3 aromatic rings. The average molecular weight is 432 g/mol. The number of aryl methyl sites for hydroxylation is 3. The number of nitrogens with zero attached hydrogens (tertiary/aromatic N) is 7. The van der Waals surface area contributed by atoms with E-state index in [0.29, 0.717) is 19.5 Å². The van der Waals surface area contributed by atoms with Gasteiger partial charge in [-0.15, -0.1) is 0 Å². The lowest BCUT2D eigenvalue weighted by Gasteiger charge is -2.26. The zero-order chi connectivity index (χ0) is 22.6.